The Balaban J connectivity index is 1.36. The van der Waals surface area contributed by atoms with Crippen LogP contribution in [0.25, 0.3) is 0 Å². The van der Waals surface area contributed by atoms with E-state index in [1.165, 1.54) is 0 Å². The maximum absolute atomic E-state index is 11.7. The van der Waals surface area contributed by atoms with Crippen molar-refractivity contribution in [3.63, 3.8) is 0 Å². The van der Waals surface area contributed by atoms with Crippen LogP contribution in [0, 0.1) is 0 Å². The summed E-state index contributed by atoms with van der Waals surface area (Å²) in [6.07, 6.45) is 0.870. The summed E-state index contributed by atoms with van der Waals surface area (Å²) >= 11 is 0. The minimum Gasteiger partial charge on any atom is -0.466 e. The lowest BCUT2D eigenvalue weighted by Crippen LogP contribution is -2.32. The van der Waals surface area contributed by atoms with Crippen molar-refractivity contribution in [1.29, 1.82) is 0 Å². The van der Waals surface area contributed by atoms with Gasteiger partial charge < -0.3 is 23.9 Å². The zero-order chi connectivity index (χ0) is 28.6. The highest BCUT2D eigenvalue weighted by molar-refractivity contribution is 6.02. The van der Waals surface area contributed by atoms with Crippen molar-refractivity contribution in [2.75, 3.05) is 26.4 Å². The van der Waals surface area contributed by atoms with Gasteiger partial charge in [0.05, 0.1) is 13.2 Å². The van der Waals surface area contributed by atoms with Crippen LogP contribution < -0.4 is 0 Å². The summed E-state index contributed by atoms with van der Waals surface area (Å²) in [5.74, 6) is -4.84. The standard InChI is InChI=1S/C24H32N2O13/c27-17-9-10-18(28)25(17)38-23(33)7-1-5-21(31)36-15-3-13-35-14-4-16-37-22(32)6-2-8-24(34)39-26-19(29)11-12-20(26)30/h1-16H2. The molecule has 2 aliphatic rings. The van der Waals surface area contributed by atoms with E-state index in [0.29, 0.717) is 36.2 Å². The van der Waals surface area contributed by atoms with Crippen molar-refractivity contribution in [3.8, 4) is 0 Å². The first-order valence-corrected chi connectivity index (χ1v) is 12.7. The van der Waals surface area contributed by atoms with E-state index in [9.17, 15) is 38.4 Å². The van der Waals surface area contributed by atoms with Crippen molar-refractivity contribution in [1.82, 2.24) is 10.1 Å². The number of carbonyl (C=O) groups excluding carboxylic acids is 8. The number of hydroxylamine groups is 4. The molecule has 0 atom stereocenters. The fourth-order valence-corrected chi connectivity index (χ4v) is 3.31. The number of esters is 2. The van der Waals surface area contributed by atoms with Crippen LogP contribution in [0.5, 0.6) is 0 Å². The Morgan fingerprint density at radius 3 is 1.18 bits per heavy atom. The molecular weight excluding hydrogens is 524 g/mol. The van der Waals surface area contributed by atoms with Gasteiger partial charge in [-0.05, 0) is 12.8 Å². The van der Waals surface area contributed by atoms with Crippen LogP contribution in [0.3, 0.4) is 0 Å². The second-order valence-electron chi connectivity index (χ2n) is 8.56. The monoisotopic (exact) mass is 556 g/mol. The third kappa shape index (κ3) is 12.0. The Kier molecular flexibility index (Phi) is 13.5. The van der Waals surface area contributed by atoms with Crippen LogP contribution in [-0.4, -0.2) is 84.1 Å². The number of carbonyl (C=O) groups is 8. The Morgan fingerprint density at radius 1 is 0.487 bits per heavy atom. The number of rotatable bonds is 18. The van der Waals surface area contributed by atoms with Gasteiger partial charge in [0, 0.05) is 77.4 Å². The average Bonchev–Trinajstić information content (AvgIpc) is 3.38. The molecule has 0 aromatic carbocycles. The number of hydrogen-bond donors (Lipinski definition) is 0. The largest absolute Gasteiger partial charge is 0.466 e. The molecule has 39 heavy (non-hydrogen) atoms. The zero-order valence-corrected chi connectivity index (χ0v) is 21.5. The molecule has 2 rings (SSSR count). The van der Waals surface area contributed by atoms with Crippen LogP contribution >= 0.6 is 0 Å². The fraction of sp³-hybridized carbons (Fsp3) is 0.667. The van der Waals surface area contributed by atoms with Crippen LogP contribution in [0.2, 0.25) is 0 Å². The number of nitrogens with zero attached hydrogens (tertiary/aromatic N) is 2. The van der Waals surface area contributed by atoms with Gasteiger partial charge in [0.15, 0.2) is 0 Å². The Bertz CT molecular complexity index is 842. The summed E-state index contributed by atoms with van der Waals surface area (Å²) in [4.78, 5) is 102. The van der Waals surface area contributed by atoms with E-state index in [2.05, 4.69) is 0 Å². The molecule has 2 aliphatic heterocycles. The van der Waals surface area contributed by atoms with Gasteiger partial charge in [-0.2, -0.15) is 0 Å². The predicted molar refractivity (Wildman–Crippen MR) is 124 cm³/mol. The minimum absolute atomic E-state index is 0.00759. The van der Waals surface area contributed by atoms with Gasteiger partial charge in [0.2, 0.25) is 0 Å². The lowest BCUT2D eigenvalue weighted by atomic mass is 10.2. The van der Waals surface area contributed by atoms with E-state index < -0.39 is 47.5 Å². The Hall–Kier alpha value is -3.88. The first kappa shape index (κ1) is 31.3. The van der Waals surface area contributed by atoms with Gasteiger partial charge >= 0.3 is 23.9 Å². The highest BCUT2D eigenvalue weighted by Crippen LogP contribution is 2.14. The first-order valence-electron chi connectivity index (χ1n) is 12.7. The molecule has 15 heteroatoms. The van der Waals surface area contributed by atoms with E-state index in [1.807, 2.05) is 0 Å². The maximum atomic E-state index is 11.7. The molecule has 0 bridgehead atoms. The average molecular weight is 557 g/mol. The smallest absolute Gasteiger partial charge is 0.333 e. The second kappa shape index (κ2) is 16.9. The van der Waals surface area contributed by atoms with Crippen molar-refractivity contribution in [2.45, 2.75) is 77.0 Å². The number of imide groups is 2. The molecule has 0 aromatic rings. The van der Waals surface area contributed by atoms with E-state index in [1.54, 1.807) is 0 Å². The van der Waals surface area contributed by atoms with Gasteiger partial charge in [0.25, 0.3) is 23.6 Å². The molecule has 2 fully saturated rings. The molecule has 15 nitrogen and oxygen atoms in total. The summed E-state index contributed by atoms with van der Waals surface area (Å²) in [5, 5.41) is 0.915. The number of ether oxygens (including phenoxy) is 3. The maximum Gasteiger partial charge on any atom is 0.333 e. The third-order valence-electron chi connectivity index (χ3n) is 5.31. The minimum atomic E-state index is -0.777. The predicted octanol–water partition coefficient (Wildman–Crippen LogP) is 0.425. The summed E-state index contributed by atoms with van der Waals surface area (Å²) in [6, 6.07) is 0. The van der Waals surface area contributed by atoms with Crippen molar-refractivity contribution in [2.24, 2.45) is 0 Å². The molecule has 216 valence electrons. The van der Waals surface area contributed by atoms with E-state index in [0.717, 1.165) is 0 Å². The zero-order valence-electron chi connectivity index (χ0n) is 21.5. The van der Waals surface area contributed by atoms with E-state index in [-0.39, 0.29) is 77.4 Å². The SMILES string of the molecule is O=C(CCCC(=O)ON1C(=O)CCC1=O)OCCCOCCCOC(=O)CCCC(=O)ON1C(=O)CCC1=O. The molecule has 0 unspecified atom stereocenters. The highest BCUT2D eigenvalue weighted by Gasteiger charge is 2.33. The second-order valence-corrected chi connectivity index (χ2v) is 8.56. The molecule has 0 aliphatic carbocycles. The number of hydrogen-bond acceptors (Lipinski definition) is 13. The van der Waals surface area contributed by atoms with Gasteiger partial charge in [0.1, 0.15) is 0 Å². The highest BCUT2D eigenvalue weighted by atomic mass is 16.7. The molecule has 4 amide bonds. The van der Waals surface area contributed by atoms with Gasteiger partial charge in [-0.3, -0.25) is 28.8 Å². The lowest BCUT2D eigenvalue weighted by molar-refractivity contribution is -0.197. The topological polar surface area (TPSA) is 189 Å². The fourth-order valence-electron chi connectivity index (χ4n) is 3.31. The first-order chi connectivity index (χ1) is 18.7. The molecule has 0 saturated carbocycles. The summed E-state index contributed by atoms with van der Waals surface area (Å²) in [7, 11) is 0. The quantitative estimate of drug-likeness (QED) is 0.128. The van der Waals surface area contributed by atoms with Crippen LogP contribution in [0.15, 0.2) is 0 Å². The van der Waals surface area contributed by atoms with Crippen molar-refractivity contribution in [3.05, 3.63) is 0 Å². The third-order valence-corrected chi connectivity index (χ3v) is 5.31. The summed E-state index contributed by atoms with van der Waals surface area (Å²) < 4.78 is 15.4. The summed E-state index contributed by atoms with van der Waals surface area (Å²) in [5.41, 5.74) is 0. The summed E-state index contributed by atoms with van der Waals surface area (Å²) in [6.45, 7) is 0.875. The molecule has 0 spiro atoms. The van der Waals surface area contributed by atoms with Gasteiger partial charge in [-0.25, -0.2) is 9.59 Å². The van der Waals surface area contributed by atoms with Gasteiger partial charge in [-0.1, -0.05) is 0 Å². The molecular formula is C24H32N2O13. The van der Waals surface area contributed by atoms with Crippen molar-refractivity contribution >= 4 is 47.5 Å². The lowest BCUT2D eigenvalue weighted by Gasteiger charge is -2.12. The molecule has 0 aromatic heterocycles. The molecule has 0 radical (unpaired) electrons. The Labute approximate surface area is 223 Å². The number of amides is 4. The Morgan fingerprint density at radius 2 is 0.821 bits per heavy atom. The van der Waals surface area contributed by atoms with Crippen LogP contribution in [0.4, 0.5) is 0 Å². The van der Waals surface area contributed by atoms with Gasteiger partial charge in [-0.15, -0.1) is 10.1 Å². The van der Waals surface area contributed by atoms with E-state index >= 15 is 0 Å². The molecule has 2 heterocycles. The van der Waals surface area contributed by atoms with Crippen LogP contribution in [0.1, 0.15) is 77.0 Å². The van der Waals surface area contributed by atoms with E-state index in [4.69, 9.17) is 23.9 Å². The van der Waals surface area contributed by atoms with Crippen LogP contribution in [-0.2, 0) is 62.2 Å². The molecule has 0 N–H and O–H groups in total. The molecule has 2 saturated heterocycles. The normalized spacial score (nSPS) is 15.1. The van der Waals surface area contributed by atoms with Crippen molar-refractivity contribution < 1.29 is 62.2 Å².